The zero-order chi connectivity index (χ0) is 39.7. The van der Waals surface area contributed by atoms with Crippen LogP contribution in [0.5, 0.6) is 0 Å². The predicted molar refractivity (Wildman–Crippen MR) is 250 cm³/mol. The van der Waals surface area contributed by atoms with Gasteiger partial charge < -0.3 is 9.80 Å². The lowest BCUT2D eigenvalue weighted by Gasteiger charge is -2.33. The maximum atomic E-state index is 2.54. The molecule has 7 aromatic rings. The Morgan fingerprint density at radius 3 is 1.41 bits per heavy atom. The van der Waals surface area contributed by atoms with Crippen molar-refractivity contribution in [2.45, 2.75) is 83.5 Å². The summed E-state index contributed by atoms with van der Waals surface area (Å²) in [6.07, 6.45) is 12.8. The third-order valence-electron chi connectivity index (χ3n) is 12.5. The molecule has 2 nitrogen and oxygen atoms in total. The highest BCUT2D eigenvalue weighted by Crippen LogP contribution is 2.55. The van der Waals surface area contributed by atoms with E-state index in [0.29, 0.717) is 0 Å². The standard InChI is InChI=1S/C56H58N2/c1-4-6-8-18-39-56(40-19-9-7-5-2)54-28-17-16-27-52(54)53-38-37-51(42-55(53)56)57(3)47-33-29-43(30-34-47)45-21-20-22-46(41-45)44-31-35-50(36-32-44)58(48-23-12-10-13-24-48)49-25-14-11-15-26-49/h10-17,20-38,41-42H,4-9,18-19,39-40H2,1-3H3. The average Bonchev–Trinajstić information content (AvgIpc) is 3.56. The van der Waals surface area contributed by atoms with E-state index in [4.69, 9.17) is 0 Å². The van der Waals surface area contributed by atoms with E-state index in [1.54, 1.807) is 11.1 Å². The van der Waals surface area contributed by atoms with Crippen LogP contribution in [0.3, 0.4) is 0 Å². The fourth-order valence-corrected chi connectivity index (χ4v) is 9.33. The molecule has 0 N–H and O–H groups in total. The molecule has 0 saturated carbocycles. The van der Waals surface area contributed by atoms with E-state index in [1.165, 1.54) is 109 Å². The lowest BCUT2D eigenvalue weighted by molar-refractivity contribution is 0.401. The number of hydrogen-bond acceptors (Lipinski definition) is 2. The van der Waals surface area contributed by atoms with Gasteiger partial charge in [-0.2, -0.15) is 0 Å². The quantitative estimate of drug-likeness (QED) is 0.0854. The zero-order valence-electron chi connectivity index (χ0n) is 34.7. The highest BCUT2D eigenvalue weighted by atomic mass is 15.1. The molecule has 0 atom stereocenters. The zero-order valence-corrected chi connectivity index (χ0v) is 34.7. The average molecular weight is 759 g/mol. The van der Waals surface area contributed by atoms with Gasteiger partial charge >= 0.3 is 0 Å². The number of anilines is 5. The molecular formula is C56H58N2. The molecule has 2 heteroatoms. The summed E-state index contributed by atoms with van der Waals surface area (Å²) >= 11 is 0. The van der Waals surface area contributed by atoms with E-state index in [0.717, 1.165) is 17.1 Å². The van der Waals surface area contributed by atoms with Crippen LogP contribution in [-0.2, 0) is 5.41 Å². The van der Waals surface area contributed by atoms with Crippen LogP contribution in [0, 0.1) is 0 Å². The van der Waals surface area contributed by atoms with Crippen molar-refractivity contribution in [3.8, 4) is 33.4 Å². The molecule has 0 saturated heterocycles. The first-order chi connectivity index (χ1) is 28.6. The van der Waals surface area contributed by atoms with Crippen LogP contribution in [0.15, 0.2) is 176 Å². The largest absolute Gasteiger partial charge is 0.345 e. The lowest BCUT2D eigenvalue weighted by atomic mass is 9.70. The molecule has 0 fully saturated rings. The van der Waals surface area contributed by atoms with Gasteiger partial charge in [0.2, 0.25) is 0 Å². The predicted octanol–water partition coefficient (Wildman–Crippen LogP) is 16.5. The van der Waals surface area contributed by atoms with Gasteiger partial charge in [0.15, 0.2) is 0 Å². The van der Waals surface area contributed by atoms with E-state index in [1.807, 2.05) is 0 Å². The molecule has 0 amide bonds. The molecule has 8 rings (SSSR count). The van der Waals surface area contributed by atoms with Crippen LogP contribution in [0.2, 0.25) is 0 Å². The summed E-state index contributed by atoms with van der Waals surface area (Å²) in [6, 6.07) is 64.7. The topological polar surface area (TPSA) is 6.48 Å². The third-order valence-corrected chi connectivity index (χ3v) is 12.5. The first-order valence-corrected chi connectivity index (χ1v) is 21.8. The van der Waals surface area contributed by atoms with E-state index in [2.05, 4.69) is 207 Å². The first-order valence-electron chi connectivity index (χ1n) is 21.8. The second-order valence-electron chi connectivity index (χ2n) is 16.2. The Bertz CT molecular complexity index is 2330. The lowest BCUT2D eigenvalue weighted by Crippen LogP contribution is -2.26. The molecule has 1 aliphatic rings. The molecule has 0 radical (unpaired) electrons. The Morgan fingerprint density at radius 1 is 0.362 bits per heavy atom. The summed E-state index contributed by atoms with van der Waals surface area (Å²) < 4.78 is 0. The van der Waals surface area contributed by atoms with Crippen molar-refractivity contribution >= 4 is 28.4 Å². The molecule has 7 aromatic carbocycles. The molecule has 0 heterocycles. The van der Waals surface area contributed by atoms with E-state index in [9.17, 15) is 0 Å². The summed E-state index contributed by atoms with van der Waals surface area (Å²) in [5.41, 5.74) is 16.8. The van der Waals surface area contributed by atoms with Crippen molar-refractivity contribution in [2.24, 2.45) is 0 Å². The van der Waals surface area contributed by atoms with Crippen molar-refractivity contribution in [2.75, 3.05) is 16.8 Å². The Balaban J connectivity index is 1.03. The van der Waals surface area contributed by atoms with Crippen LogP contribution in [0.1, 0.15) is 89.2 Å². The van der Waals surface area contributed by atoms with Gasteiger partial charge in [-0.3, -0.25) is 0 Å². The number of para-hydroxylation sites is 2. The van der Waals surface area contributed by atoms with Crippen molar-refractivity contribution in [1.82, 2.24) is 0 Å². The van der Waals surface area contributed by atoms with Crippen LogP contribution >= 0.6 is 0 Å². The molecule has 0 aliphatic heterocycles. The van der Waals surface area contributed by atoms with E-state index >= 15 is 0 Å². The molecule has 0 spiro atoms. The molecular weight excluding hydrogens is 701 g/mol. The number of unbranched alkanes of at least 4 members (excludes halogenated alkanes) is 6. The van der Waals surface area contributed by atoms with Crippen molar-refractivity contribution in [1.29, 1.82) is 0 Å². The van der Waals surface area contributed by atoms with Crippen LogP contribution in [0.4, 0.5) is 28.4 Å². The number of rotatable bonds is 17. The van der Waals surface area contributed by atoms with Gasteiger partial charge in [-0.05, 0) is 124 Å². The highest BCUT2D eigenvalue weighted by molar-refractivity contribution is 5.84. The third kappa shape index (κ3) is 8.12. The Labute approximate surface area is 347 Å². The van der Waals surface area contributed by atoms with Crippen molar-refractivity contribution < 1.29 is 0 Å². The number of fused-ring (bicyclic) bond motifs is 3. The van der Waals surface area contributed by atoms with Gasteiger partial charge in [0.05, 0.1) is 0 Å². The number of nitrogens with zero attached hydrogens (tertiary/aromatic N) is 2. The fourth-order valence-electron chi connectivity index (χ4n) is 9.33. The Hall–Kier alpha value is -5.86. The van der Waals surface area contributed by atoms with Crippen LogP contribution < -0.4 is 9.80 Å². The van der Waals surface area contributed by atoms with Crippen LogP contribution in [-0.4, -0.2) is 7.05 Å². The monoisotopic (exact) mass is 758 g/mol. The van der Waals surface area contributed by atoms with E-state index < -0.39 is 0 Å². The van der Waals surface area contributed by atoms with Gasteiger partial charge in [0.1, 0.15) is 0 Å². The van der Waals surface area contributed by atoms with Crippen LogP contribution in [0.25, 0.3) is 33.4 Å². The number of benzene rings is 7. The highest BCUT2D eigenvalue weighted by Gasteiger charge is 2.42. The van der Waals surface area contributed by atoms with Gasteiger partial charge in [-0.25, -0.2) is 0 Å². The summed E-state index contributed by atoms with van der Waals surface area (Å²) in [7, 11) is 2.23. The molecule has 0 aromatic heterocycles. The minimum atomic E-state index is 0.0859. The molecule has 58 heavy (non-hydrogen) atoms. The fraction of sp³-hybridized carbons (Fsp3) is 0.250. The minimum Gasteiger partial charge on any atom is -0.345 e. The normalized spacial score (nSPS) is 12.5. The van der Waals surface area contributed by atoms with E-state index in [-0.39, 0.29) is 5.41 Å². The second kappa shape index (κ2) is 18.2. The van der Waals surface area contributed by atoms with Gasteiger partial charge in [0, 0.05) is 40.9 Å². The minimum absolute atomic E-state index is 0.0859. The van der Waals surface area contributed by atoms with Crippen molar-refractivity contribution in [3.05, 3.63) is 187 Å². The summed E-state index contributed by atoms with van der Waals surface area (Å²) in [5, 5.41) is 0. The summed E-state index contributed by atoms with van der Waals surface area (Å²) in [4.78, 5) is 4.68. The SMILES string of the molecule is CCCCCCC1(CCCCCC)c2ccccc2-c2ccc(N(C)c3ccc(-c4cccc(-c5ccc(N(c6ccccc6)c6ccccc6)cc5)c4)cc3)cc21. The number of hydrogen-bond donors (Lipinski definition) is 0. The smallest absolute Gasteiger partial charge is 0.0462 e. The maximum absolute atomic E-state index is 2.54. The maximum Gasteiger partial charge on any atom is 0.0462 e. The van der Waals surface area contributed by atoms with Gasteiger partial charge in [-0.15, -0.1) is 0 Å². The molecule has 0 bridgehead atoms. The molecule has 292 valence electrons. The Morgan fingerprint density at radius 2 is 0.845 bits per heavy atom. The van der Waals surface area contributed by atoms with Crippen molar-refractivity contribution in [3.63, 3.8) is 0 Å². The van der Waals surface area contributed by atoms with Gasteiger partial charge in [-0.1, -0.05) is 174 Å². The second-order valence-corrected chi connectivity index (χ2v) is 16.2. The molecule has 1 aliphatic carbocycles. The first kappa shape index (κ1) is 39.0. The summed E-state index contributed by atoms with van der Waals surface area (Å²) in [5.74, 6) is 0. The Kier molecular flexibility index (Phi) is 12.2. The van der Waals surface area contributed by atoms with Gasteiger partial charge in [0.25, 0.3) is 0 Å². The summed E-state index contributed by atoms with van der Waals surface area (Å²) in [6.45, 7) is 4.64. The molecule has 0 unspecified atom stereocenters.